The third-order valence-corrected chi connectivity index (χ3v) is 3.99. The number of benzene rings is 2. The summed E-state index contributed by atoms with van der Waals surface area (Å²) in [6.07, 6.45) is 1.69. The number of anilines is 2. The molecule has 0 atom stereocenters. The first-order chi connectivity index (χ1) is 13.2. The first-order valence-corrected chi connectivity index (χ1v) is 8.47. The van der Waals surface area contributed by atoms with Crippen molar-refractivity contribution in [1.82, 2.24) is 4.98 Å². The topological polar surface area (TPSA) is 72.5 Å². The lowest BCUT2D eigenvalue weighted by atomic mass is 10.2. The summed E-state index contributed by atoms with van der Waals surface area (Å²) >= 11 is 0. The zero-order chi connectivity index (χ0) is 19.1. The molecule has 0 fully saturated rings. The van der Waals surface area contributed by atoms with Crippen LogP contribution in [0.25, 0.3) is 0 Å². The van der Waals surface area contributed by atoms with Crippen LogP contribution in [0.1, 0.15) is 15.9 Å². The molecule has 1 amide bonds. The minimum atomic E-state index is -0.270. The molecule has 0 bridgehead atoms. The van der Waals surface area contributed by atoms with E-state index in [9.17, 15) is 4.79 Å². The van der Waals surface area contributed by atoms with Gasteiger partial charge in [0.25, 0.3) is 5.91 Å². The average molecular weight is 363 g/mol. The van der Waals surface area contributed by atoms with Gasteiger partial charge < -0.3 is 20.1 Å². The molecule has 27 heavy (non-hydrogen) atoms. The Balaban J connectivity index is 1.61. The van der Waals surface area contributed by atoms with Crippen LogP contribution in [-0.4, -0.2) is 25.1 Å². The smallest absolute Gasteiger partial charge is 0.256 e. The minimum absolute atomic E-state index is 0.270. The number of nitrogens with zero attached hydrogens (tertiary/aromatic N) is 1. The molecular formula is C21H21N3O3. The monoisotopic (exact) mass is 363 g/mol. The van der Waals surface area contributed by atoms with E-state index in [1.54, 1.807) is 37.6 Å². The fraction of sp³-hybridized carbons (Fsp3) is 0.143. The molecule has 0 aliphatic rings. The molecule has 3 rings (SSSR count). The predicted molar refractivity (Wildman–Crippen MR) is 106 cm³/mol. The first-order valence-electron chi connectivity index (χ1n) is 8.47. The summed E-state index contributed by atoms with van der Waals surface area (Å²) in [6.45, 7) is 0.708. The van der Waals surface area contributed by atoms with Crippen LogP contribution >= 0.6 is 0 Å². The van der Waals surface area contributed by atoms with Gasteiger partial charge in [-0.1, -0.05) is 30.3 Å². The molecule has 0 unspecified atom stereocenters. The average Bonchev–Trinajstić information content (AvgIpc) is 2.73. The molecule has 3 aromatic rings. The summed E-state index contributed by atoms with van der Waals surface area (Å²) in [6, 6.07) is 18.7. The quantitative estimate of drug-likeness (QED) is 0.665. The Kier molecular flexibility index (Phi) is 5.89. The van der Waals surface area contributed by atoms with Crippen LogP contribution in [0.5, 0.6) is 11.5 Å². The zero-order valence-electron chi connectivity index (χ0n) is 15.2. The van der Waals surface area contributed by atoms with Crippen molar-refractivity contribution >= 4 is 17.4 Å². The lowest BCUT2D eigenvalue weighted by molar-refractivity contribution is 0.102. The maximum absolute atomic E-state index is 12.4. The number of hydrogen-bond donors (Lipinski definition) is 2. The Morgan fingerprint density at radius 2 is 1.74 bits per heavy atom. The third kappa shape index (κ3) is 4.76. The lowest BCUT2D eigenvalue weighted by Gasteiger charge is -2.10. The summed E-state index contributed by atoms with van der Waals surface area (Å²) in [5.41, 5.74) is 2.52. The number of methoxy groups -OCH3 is 2. The van der Waals surface area contributed by atoms with Gasteiger partial charge in [0, 0.05) is 12.1 Å². The normalized spacial score (nSPS) is 10.1. The lowest BCUT2D eigenvalue weighted by Crippen LogP contribution is -2.13. The van der Waals surface area contributed by atoms with E-state index >= 15 is 0 Å². The zero-order valence-corrected chi connectivity index (χ0v) is 15.2. The highest BCUT2D eigenvalue weighted by Crippen LogP contribution is 2.27. The van der Waals surface area contributed by atoms with E-state index in [1.165, 1.54) is 12.7 Å². The molecule has 2 N–H and O–H groups in total. The summed E-state index contributed by atoms with van der Waals surface area (Å²) in [5.74, 6) is 1.27. The standard InChI is InChI=1S/C21H21N3O3/c1-26-18-10-8-16(12-19(18)27-2)21(25)24-20-11-9-17(14-23-20)22-13-15-6-4-3-5-7-15/h3-12,14,22H,13H2,1-2H3,(H,23,24,25). The van der Waals surface area contributed by atoms with Gasteiger partial charge in [0.2, 0.25) is 0 Å². The van der Waals surface area contributed by atoms with Crippen molar-refractivity contribution in [2.75, 3.05) is 24.9 Å². The fourth-order valence-electron chi connectivity index (χ4n) is 2.54. The minimum Gasteiger partial charge on any atom is -0.493 e. The summed E-state index contributed by atoms with van der Waals surface area (Å²) in [4.78, 5) is 16.7. The number of amides is 1. The van der Waals surface area contributed by atoms with Crippen molar-refractivity contribution in [3.63, 3.8) is 0 Å². The number of carbonyl (C=O) groups excluding carboxylic acids is 1. The molecule has 1 aromatic heterocycles. The van der Waals surface area contributed by atoms with Gasteiger partial charge in [0.15, 0.2) is 11.5 Å². The number of ether oxygens (including phenoxy) is 2. The van der Waals surface area contributed by atoms with Crippen LogP contribution in [0.2, 0.25) is 0 Å². The van der Waals surface area contributed by atoms with E-state index in [0.29, 0.717) is 29.4 Å². The Labute approximate surface area is 158 Å². The van der Waals surface area contributed by atoms with Crippen LogP contribution in [0.15, 0.2) is 66.9 Å². The van der Waals surface area contributed by atoms with Crippen molar-refractivity contribution in [2.45, 2.75) is 6.54 Å². The predicted octanol–water partition coefficient (Wildman–Crippen LogP) is 3.96. The Morgan fingerprint density at radius 3 is 2.41 bits per heavy atom. The van der Waals surface area contributed by atoms with E-state index in [1.807, 2.05) is 24.3 Å². The number of pyridine rings is 1. The molecule has 0 spiro atoms. The van der Waals surface area contributed by atoms with Crippen LogP contribution in [-0.2, 0) is 6.54 Å². The number of aromatic nitrogens is 1. The summed E-state index contributed by atoms with van der Waals surface area (Å²) < 4.78 is 10.4. The van der Waals surface area contributed by atoms with Gasteiger partial charge >= 0.3 is 0 Å². The Morgan fingerprint density at radius 1 is 0.963 bits per heavy atom. The van der Waals surface area contributed by atoms with E-state index in [2.05, 4.69) is 27.8 Å². The Bertz CT molecular complexity index is 896. The van der Waals surface area contributed by atoms with Crippen LogP contribution in [0.4, 0.5) is 11.5 Å². The molecule has 0 aliphatic carbocycles. The van der Waals surface area contributed by atoms with E-state index in [4.69, 9.17) is 9.47 Å². The van der Waals surface area contributed by atoms with E-state index in [0.717, 1.165) is 5.69 Å². The van der Waals surface area contributed by atoms with E-state index in [-0.39, 0.29) is 5.91 Å². The van der Waals surface area contributed by atoms with Gasteiger partial charge in [-0.15, -0.1) is 0 Å². The highest BCUT2D eigenvalue weighted by Gasteiger charge is 2.11. The van der Waals surface area contributed by atoms with Gasteiger partial charge in [-0.2, -0.15) is 0 Å². The van der Waals surface area contributed by atoms with Gasteiger partial charge in [-0.3, -0.25) is 4.79 Å². The summed E-state index contributed by atoms with van der Waals surface area (Å²) in [7, 11) is 3.08. The first kappa shape index (κ1) is 18.3. The second kappa shape index (κ2) is 8.71. The van der Waals surface area contributed by atoms with E-state index < -0.39 is 0 Å². The van der Waals surface area contributed by atoms with Crippen LogP contribution in [0, 0.1) is 0 Å². The van der Waals surface area contributed by atoms with Crippen molar-refractivity contribution in [3.8, 4) is 11.5 Å². The van der Waals surface area contributed by atoms with Gasteiger partial charge in [-0.25, -0.2) is 4.98 Å². The number of nitrogens with one attached hydrogen (secondary N) is 2. The van der Waals surface area contributed by atoms with Crippen LogP contribution < -0.4 is 20.1 Å². The van der Waals surface area contributed by atoms with Gasteiger partial charge in [-0.05, 0) is 35.9 Å². The number of carbonyl (C=O) groups is 1. The second-order valence-electron chi connectivity index (χ2n) is 5.80. The van der Waals surface area contributed by atoms with Gasteiger partial charge in [0.1, 0.15) is 5.82 Å². The SMILES string of the molecule is COc1ccc(C(=O)Nc2ccc(NCc3ccccc3)cn2)cc1OC. The largest absolute Gasteiger partial charge is 0.493 e. The van der Waals surface area contributed by atoms with Gasteiger partial charge in [0.05, 0.1) is 26.1 Å². The highest BCUT2D eigenvalue weighted by atomic mass is 16.5. The van der Waals surface area contributed by atoms with Crippen LogP contribution in [0.3, 0.4) is 0 Å². The van der Waals surface area contributed by atoms with Crippen molar-refractivity contribution in [1.29, 1.82) is 0 Å². The van der Waals surface area contributed by atoms with Crippen molar-refractivity contribution in [2.24, 2.45) is 0 Å². The molecule has 0 radical (unpaired) electrons. The fourth-order valence-corrected chi connectivity index (χ4v) is 2.54. The molecule has 2 aromatic carbocycles. The molecule has 0 saturated heterocycles. The molecule has 0 aliphatic heterocycles. The maximum Gasteiger partial charge on any atom is 0.256 e. The maximum atomic E-state index is 12.4. The second-order valence-corrected chi connectivity index (χ2v) is 5.80. The third-order valence-electron chi connectivity index (χ3n) is 3.99. The Hall–Kier alpha value is -3.54. The molecule has 0 saturated carbocycles. The molecular weight excluding hydrogens is 342 g/mol. The highest BCUT2D eigenvalue weighted by molar-refractivity contribution is 6.04. The number of hydrogen-bond acceptors (Lipinski definition) is 5. The molecule has 138 valence electrons. The van der Waals surface area contributed by atoms with Crippen molar-refractivity contribution < 1.29 is 14.3 Å². The molecule has 6 heteroatoms. The molecule has 1 heterocycles. The summed E-state index contributed by atoms with van der Waals surface area (Å²) in [5, 5.41) is 6.07. The number of rotatable bonds is 7. The van der Waals surface area contributed by atoms with Crippen molar-refractivity contribution in [3.05, 3.63) is 78.0 Å². The molecule has 6 nitrogen and oxygen atoms in total.